The molecule has 20 heavy (non-hydrogen) atoms. The Hall–Kier alpha value is -1.83. The zero-order valence-corrected chi connectivity index (χ0v) is 11.1. The van der Waals surface area contributed by atoms with Crippen LogP contribution in [0, 0.1) is 6.92 Å². The van der Waals surface area contributed by atoms with Gasteiger partial charge < -0.3 is 5.73 Å². The number of aryl methyl sites for hydroxylation is 1. The highest BCUT2D eigenvalue weighted by molar-refractivity contribution is 5.85. The average Bonchev–Trinajstić information content (AvgIpc) is 2.81. The number of likely N-dealkylation sites (tertiary alicyclic amines) is 1. The Kier molecular flexibility index (Phi) is 3.04. The van der Waals surface area contributed by atoms with Crippen LogP contribution in [0.1, 0.15) is 24.1 Å². The third-order valence-corrected chi connectivity index (χ3v) is 3.62. The number of halogens is 2. The van der Waals surface area contributed by atoms with E-state index in [-0.39, 0.29) is 13.0 Å². The number of alkyl halides is 2. The van der Waals surface area contributed by atoms with Crippen molar-refractivity contribution < 1.29 is 13.4 Å². The van der Waals surface area contributed by atoms with Gasteiger partial charge in [-0.2, -0.15) is 0 Å². The molecule has 2 N–H and O–H groups in total. The predicted molar refractivity (Wildman–Crippen MR) is 68.2 cm³/mol. The summed E-state index contributed by atoms with van der Waals surface area (Å²) < 4.78 is 31.5. The molecule has 0 radical (unpaired) electrons. The first-order valence-electron chi connectivity index (χ1n) is 6.44. The SMILES string of the molecule is Cc1nc2nonc2c(N)c1CN1CCCC(F)(F)C1. The zero-order valence-electron chi connectivity index (χ0n) is 11.1. The summed E-state index contributed by atoms with van der Waals surface area (Å²) in [6, 6.07) is 0. The van der Waals surface area contributed by atoms with Crippen LogP contribution >= 0.6 is 0 Å². The maximum absolute atomic E-state index is 13.4. The molecule has 108 valence electrons. The molecule has 1 saturated heterocycles. The topological polar surface area (TPSA) is 81.1 Å². The number of rotatable bonds is 2. The van der Waals surface area contributed by atoms with Crippen molar-refractivity contribution in [3.8, 4) is 0 Å². The van der Waals surface area contributed by atoms with Gasteiger partial charge in [0.05, 0.1) is 12.2 Å². The second kappa shape index (κ2) is 4.62. The zero-order chi connectivity index (χ0) is 14.3. The van der Waals surface area contributed by atoms with E-state index in [4.69, 9.17) is 5.73 Å². The Bertz CT molecular complexity index is 642. The molecule has 0 aliphatic carbocycles. The molecule has 1 fully saturated rings. The molecule has 2 aromatic rings. The molecule has 2 aromatic heterocycles. The van der Waals surface area contributed by atoms with Gasteiger partial charge in [0.1, 0.15) is 0 Å². The largest absolute Gasteiger partial charge is 0.396 e. The lowest BCUT2D eigenvalue weighted by Crippen LogP contribution is -2.42. The maximum Gasteiger partial charge on any atom is 0.260 e. The van der Waals surface area contributed by atoms with E-state index in [1.807, 2.05) is 0 Å². The molecule has 3 rings (SSSR count). The lowest BCUT2D eigenvalue weighted by atomic mass is 10.0. The molecule has 3 heterocycles. The molecule has 0 spiro atoms. The first-order chi connectivity index (χ1) is 9.46. The van der Waals surface area contributed by atoms with E-state index in [9.17, 15) is 8.78 Å². The fourth-order valence-electron chi connectivity index (χ4n) is 2.60. The van der Waals surface area contributed by atoms with Crippen molar-refractivity contribution in [3.05, 3.63) is 11.3 Å². The Morgan fingerprint density at radius 1 is 1.40 bits per heavy atom. The normalized spacial score (nSPS) is 19.6. The van der Waals surface area contributed by atoms with E-state index in [1.54, 1.807) is 11.8 Å². The smallest absolute Gasteiger partial charge is 0.260 e. The third-order valence-electron chi connectivity index (χ3n) is 3.62. The second-order valence-electron chi connectivity index (χ2n) is 5.20. The van der Waals surface area contributed by atoms with E-state index >= 15 is 0 Å². The molecule has 0 unspecified atom stereocenters. The number of hydrogen-bond donors (Lipinski definition) is 1. The molecule has 0 saturated carbocycles. The molecular weight excluding hydrogens is 268 g/mol. The van der Waals surface area contributed by atoms with Gasteiger partial charge in [-0.15, -0.1) is 0 Å². The van der Waals surface area contributed by atoms with Gasteiger partial charge >= 0.3 is 0 Å². The summed E-state index contributed by atoms with van der Waals surface area (Å²) >= 11 is 0. The van der Waals surface area contributed by atoms with Crippen LogP contribution in [0.3, 0.4) is 0 Å². The van der Waals surface area contributed by atoms with Crippen LogP contribution in [0.4, 0.5) is 14.5 Å². The summed E-state index contributed by atoms with van der Waals surface area (Å²) in [6.45, 7) is 2.50. The summed E-state index contributed by atoms with van der Waals surface area (Å²) in [5.41, 5.74) is 8.54. The number of pyridine rings is 1. The van der Waals surface area contributed by atoms with Crippen molar-refractivity contribution >= 4 is 16.9 Å². The molecular formula is C12H15F2N5O. The summed E-state index contributed by atoms with van der Waals surface area (Å²) in [5.74, 6) is -2.63. The van der Waals surface area contributed by atoms with Crippen LogP contribution in [-0.2, 0) is 6.54 Å². The quantitative estimate of drug-likeness (QED) is 0.904. The summed E-state index contributed by atoms with van der Waals surface area (Å²) in [4.78, 5) is 5.93. The van der Waals surface area contributed by atoms with Crippen LogP contribution in [0.25, 0.3) is 11.2 Å². The molecule has 0 aromatic carbocycles. The van der Waals surface area contributed by atoms with E-state index in [0.717, 1.165) is 0 Å². The van der Waals surface area contributed by atoms with Gasteiger partial charge in [-0.25, -0.2) is 18.4 Å². The lowest BCUT2D eigenvalue weighted by Gasteiger charge is -2.32. The number of anilines is 1. The summed E-state index contributed by atoms with van der Waals surface area (Å²) in [7, 11) is 0. The first-order valence-corrected chi connectivity index (χ1v) is 6.44. The molecule has 6 nitrogen and oxygen atoms in total. The fraction of sp³-hybridized carbons (Fsp3) is 0.583. The van der Waals surface area contributed by atoms with Crippen LogP contribution in [0.15, 0.2) is 4.63 Å². The van der Waals surface area contributed by atoms with E-state index < -0.39 is 5.92 Å². The third kappa shape index (κ3) is 2.31. The van der Waals surface area contributed by atoms with E-state index in [2.05, 4.69) is 19.9 Å². The van der Waals surface area contributed by atoms with Crippen LogP contribution in [0.5, 0.6) is 0 Å². The highest BCUT2D eigenvalue weighted by Crippen LogP contribution is 2.30. The van der Waals surface area contributed by atoms with Crippen LogP contribution < -0.4 is 5.73 Å². The minimum absolute atomic E-state index is 0.0531. The molecule has 8 heteroatoms. The maximum atomic E-state index is 13.4. The number of nitrogen functional groups attached to an aromatic ring is 1. The molecule has 1 aliphatic heterocycles. The lowest BCUT2D eigenvalue weighted by molar-refractivity contribution is -0.0661. The Balaban J connectivity index is 1.90. The number of piperidine rings is 1. The number of fused-ring (bicyclic) bond motifs is 1. The molecule has 1 aliphatic rings. The van der Waals surface area contributed by atoms with Crippen molar-refractivity contribution in [2.45, 2.75) is 32.2 Å². The van der Waals surface area contributed by atoms with Crippen molar-refractivity contribution in [2.24, 2.45) is 0 Å². The van der Waals surface area contributed by atoms with Gasteiger partial charge in [-0.05, 0) is 30.2 Å². The minimum Gasteiger partial charge on any atom is -0.396 e. The molecule has 0 atom stereocenters. The van der Waals surface area contributed by atoms with Gasteiger partial charge in [0, 0.05) is 24.2 Å². The molecule has 0 bridgehead atoms. The number of nitrogens with two attached hydrogens (primary N) is 1. The van der Waals surface area contributed by atoms with Gasteiger partial charge in [0.25, 0.3) is 5.92 Å². The van der Waals surface area contributed by atoms with E-state index in [1.165, 1.54) is 0 Å². The van der Waals surface area contributed by atoms with Gasteiger partial charge in [-0.3, -0.25) is 4.90 Å². The first kappa shape index (κ1) is 13.2. The minimum atomic E-state index is -2.63. The molecule has 0 amide bonds. The number of nitrogens with zero attached hydrogens (tertiary/aromatic N) is 4. The number of aromatic nitrogens is 3. The van der Waals surface area contributed by atoms with Crippen molar-refractivity contribution in [3.63, 3.8) is 0 Å². The van der Waals surface area contributed by atoms with Crippen molar-refractivity contribution in [2.75, 3.05) is 18.8 Å². The summed E-state index contributed by atoms with van der Waals surface area (Å²) in [5, 5.41) is 7.34. The predicted octanol–water partition coefficient (Wildman–Crippen LogP) is 1.74. The van der Waals surface area contributed by atoms with Crippen LogP contribution in [-0.4, -0.2) is 39.2 Å². The number of hydrogen-bond acceptors (Lipinski definition) is 6. The fourth-order valence-corrected chi connectivity index (χ4v) is 2.60. The summed E-state index contributed by atoms with van der Waals surface area (Å²) in [6.07, 6.45) is 0.426. The Labute approximate surface area is 113 Å². The van der Waals surface area contributed by atoms with Crippen molar-refractivity contribution in [1.82, 2.24) is 20.2 Å². The Morgan fingerprint density at radius 2 is 2.20 bits per heavy atom. The highest BCUT2D eigenvalue weighted by atomic mass is 19.3. The van der Waals surface area contributed by atoms with Crippen LogP contribution in [0.2, 0.25) is 0 Å². The van der Waals surface area contributed by atoms with E-state index in [0.29, 0.717) is 47.6 Å². The Morgan fingerprint density at radius 3 is 2.95 bits per heavy atom. The van der Waals surface area contributed by atoms with Gasteiger partial charge in [0.2, 0.25) is 5.65 Å². The highest BCUT2D eigenvalue weighted by Gasteiger charge is 2.35. The standard InChI is InChI=1S/C12H15F2N5O/c1-7-8(5-19-4-2-3-12(13,14)6-19)9(15)10-11(16-7)18-20-17-10/h2-6,15H2,1H3. The van der Waals surface area contributed by atoms with Gasteiger partial charge in [0.15, 0.2) is 5.52 Å². The second-order valence-corrected chi connectivity index (χ2v) is 5.20. The van der Waals surface area contributed by atoms with Crippen molar-refractivity contribution in [1.29, 1.82) is 0 Å². The van der Waals surface area contributed by atoms with Gasteiger partial charge in [-0.1, -0.05) is 0 Å². The monoisotopic (exact) mass is 283 g/mol. The average molecular weight is 283 g/mol.